The van der Waals surface area contributed by atoms with Gasteiger partial charge in [0.1, 0.15) is 5.75 Å². The molecule has 0 unspecified atom stereocenters. The van der Waals surface area contributed by atoms with Crippen LogP contribution in [0.3, 0.4) is 0 Å². The zero-order valence-electron chi connectivity index (χ0n) is 10.6. The van der Waals surface area contributed by atoms with Gasteiger partial charge in [-0.05, 0) is 24.5 Å². The number of benzene rings is 1. The Morgan fingerprint density at radius 3 is 2.67 bits per heavy atom. The van der Waals surface area contributed by atoms with Crippen molar-refractivity contribution in [3.8, 4) is 5.75 Å². The summed E-state index contributed by atoms with van der Waals surface area (Å²) in [5.41, 5.74) is 6.04. The molecule has 2 rings (SSSR count). The average molecular weight is 269 g/mol. The van der Waals surface area contributed by atoms with E-state index in [4.69, 9.17) is 10.5 Å². The average Bonchev–Trinajstić information content (AvgIpc) is 2.22. The van der Waals surface area contributed by atoms with E-state index < -0.39 is 9.84 Å². The number of hydrogen-bond donors (Lipinski definition) is 1. The van der Waals surface area contributed by atoms with Crippen LogP contribution in [0.1, 0.15) is 25.7 Å². The lowest BCUT2D eigenvalue weighted by molar-refractivity contribution is 0.222. The summed E-state index contributed by atoms with van der Waals surface area (Å²) >= 11 is 0. The molecule has 0 bridgehead atoms. The molecular weight excluding hydrogens is 250 g/mol. The van der Waals surface area contributed by atoms with E-state index in [1.165, 1.54) is 25.3 Å². The fourth-order valence-electron chi connectivity index (χ4n) is 2.09. The number of para-hydroxylation sites is 1. The molecule has 1 aliphatic rings. The molecule has 4 nitrogen and oxygen atoms in total. The zero-order valence-corrected chi connectivity index (χ0v) is 11.4. The van der Waals surface area contributed by atoms with Crippen LogP contribution < -0.4 is 10.5 Å². The van der Waals surface area contributed by atoms with Gasteiger partial charge in [-0.15, -0.1) is 0 Å². The van der Waals surface area contributed by atoms with Gasteiger partial charge in [0.25, 0.3) is 0 Å². The Morgan fingerprint density at radius 1 is 1.39 bits per heavy atom. The van der Waals surface area contributed by atoms with Crippen molar-refractivity contribution in [3.05, 3.63) is 18.2 Å². The summed E-state index contributed by atoms with van der Waals surface area (Å²) in [6.45, 7) is 0.599. The van der Waals surface area contributed by atoms with E-state index >= 15 is 0 Å². The minimum Gasteiger partial charge on any atom is -0.491 e. The maximum atomic E-state index is 11.5. The number of sulfone groups is 1. The highest BCUT2D eigenvalue weighted by Crippen LogP contribution is 2.31. The van der Waals surface area contributed by atoms with Crippen LogP contribution in [-0.2, 0) is 9.84 Å². The number of ether oxygens (including phenoxy) is 1. The van der Waals surface area contributed by atoms with Crippen LogP contribution >= 0.6 is 0 Å². The van der Waals surface area contributed by atoms with Gasteiger partial charge >= 0.3 is 0 Å². The lowest BCUT2D eigenvalue weighted by Crippen LogP contribution is -2.15. The van der Waals surface area contributed by atoms with Gasteiger partial charge < -0.3 is 10.5 Å². The van der Waals surface area contributed by atoms with Crippen LogP contribution in [0, 0.1) is 5.92 Å². The van der Waals surface area contributed by atoms with Crippen LogP contribution in [0.4, 0.5) is 5.69 Å². The third-order valence-corrected chi connectivity index (χ3v) is 4.59. The first-order chi connectivity index (χ1) is 8.48. The predicted octanol–water partition coefficient (Wildman–Crippen LogP) is 2.24. The van der Waals surface area contributed by atoms with Gasteiger partial charge in [0.2, 0.25) is 0 Å². The molecule has 1 aromatic rings. The minimum absolute atomic E-state index is 0.142. The minimum atomic E-state index is -3.30. The summed E-state index contributed by atoms with van der Waals surface area (Å²) in [6.07, 6.45) is 6.04. The van der Waals surface area contributed by atoms with Crippen molar-refractivity contribution in [3.63, 3.8) is 0 Å². The van der Waals surface area contributed by atoms with Gasteiger partial charge in [-0.3, -0.25) is 0 Å². The smallest absolute Gasteiger partial charge is 0.177 e. The normalized spacial score (nSPS) is 16.3. The van der Waals surface area contributed by atoms with E-state index in [0.717, 1.165) is 18.6 Å². The molecule has 0 amide bonds. The van der Waals surface area contributed by atoms with E-state index in [-0.39, 0.29) is 10.6 Å². The number of nitrogens with two attached hydrogens (primary N) is 1. The lowest BCUT2D eigenvalue weighted by atomic mass is 9.83. The maximum absolute atomic E-state index is 11.5. The van der Waals surface area contributed by atoms with Crippen LogP contribution in [0.15, 0.2) is 23.1 Å². The molecular formula is C13H19NO3S. The van der Waals surface area contributed by atoms with Gasteiger partial charge in [0, 0.05) is 6.26 Å². The zero-order chi connectivity index (χ0) is 13.2. The highest BCUT2D eigenvalue weighted by atomic mass is 32.2. The Morgan fingerprint density at radius 2 is 2.11 bits per heavy atom. The monoisotopic (exact) mass is 269 g/mol. The predicted molar refractivity (Wildman–Crippen MR) is 71.4 cm³/mol. The molecule has 1 aliphatic carbocycles. The van der Waals surface area contributed by atoms with Crippen LogP contribution in [0.2, 0.25) is 0 Å². The first kappa shape index (κ1) is 13.2. The van der Waals surface area contributed by atoms with E-state index in [9.17, 15) is 8.42 Å². The highest BCUT2D eigenvalue weighted by Gasteiger charge is 2.18. The lowest BCUT2D eigenvalue weighted by Gasteiger charge is -2.25. The number of rotatable bonds is 5. The van der Waals surface area contributed by atoms with Crippen LogP contribution in [0.5, 0.6) is 5.75 Å². The van der Waals surface area contributed by atoms with Crippen molar-refractivity contribution in [2.75, 3.05) is 18.6 Å². The molecule has 5 heteroatoms. The summed E-state index contributed by atoms with van der Waals surface area (Å²) in [5.74, 6) is 1.24. The Balaban J connectivity index is 2.03. The summed E-state index contributed by atoms with van der Waals surface area (Å²) < 4.78 is 28.6. The Bertz CT molecular complexity index is 521. The van der Waals surface area contributed by atoms with E-state index in [1.807, 2.05) is 0 Å². The van der Waals surface area contributed by atoms with Gasteiger partial charge in [-0.2, -0.15) is 0 Å². The summed E-state index contributed by atoms with van der Waals surface area (Å²) in [4.78, 5) is 0.142. The molecule has 100 valence electrons. The SMILES string of the molecule is CS(=O)(=O)c1cccc(OCCC2CCC2)c1N. The second kappa shape index (κ2) is 5.18. The number of anilines is 1. The summed E-state index contributed by atoms with van der Waals surface area (Å²) in [6, 6.07) is 4.87. The second-order valence-corrected chi connectivity index (χ2v) is 6.86. The van der Waals surface area contributed by atoms with Crippen LogP contribution in [-0.4, -0.2) is 21.3 Å². The maximum Gasteiger partial charge on any atom is 0.177 e. The Labute approximate surface area is 108 Å². The van der Waals surface area contributed by atoms with Crippen molar-refractivity contribution < 1.29 is 13.2 Å². The van der Waals surface area contributed by atoms with Gasteiger partial charge in [0.15, 0.2) is 9.84 Å². The number of nitrogen functional groups attached to an aromatic ring is 1. The molecule has 2 N–H and O–H groups in total. The van der Waals surface area contributed by atoms with Gasteiger partial charge in [-0.25, -0.2) is 8.42 Å². The summed E-state index contributed by atoms with van der Waals surface area (Å²) in [5, 5.41) is 0. The third kappa shape index (κ3) is 2.96. The fourth-order valence-corrected chi connectivity index (χ4v) is 2.92. The Kier molecular flexibility index (Phi) is 3.80. The van der Waals surface area contributed by atoms with Gasteiger partial charge in [0.05, 0.1) is 17.2 Å². The molecule has 0 spiro atoms. The molecule has 0 heterocycles. The largest absolute Gasteiger partial charge is 0.491 e. The highest BCUT2D eigenvalue weighted by molar-refractivity contribution is 7.90. The van der Waals surface area contributed by atoms with E-state index in [2.05, 4.69) is 0 Å². The van der Waals surface area contributed by atoms with Gasteiger partial charge in [-0.1, -0.05) is 25.3 Å². The van der Waals surface area contributed by atoms with E-state index in [0.29, 0.717) is 12.4 Å². The first-order valence-electron chi connectivity index (χ1n) is 6.20. The number of hydrogen-bond acceptors (Lipinski definition) is 4. The molecule has 0 saturated heterocycles. The van der Waals surface area contributed by atoms with Crippen molar-refractivity contribution in [1.82, 2.24) is 0 Å². The molecule has 0 radical (unpaired) electrons. The molecule has 1 fully saturated rings. The molecule has 18 heavy (non-hydrogen) atoms. The molecule has 0 aliphatic heterocycles. The Hall–Kier alpha value is -1.23. The van der Waals surface area contributed by atoms with Crippen molar-refractivity contribution in [1.29, 1.82) is 0 Å². The topological polar surface area (TPSA) is 69.4 Å². The molecule has 1 saturated carbocycles. The van der Waals surface area contributed by atoms with Crippen molar-refractivity contribution in [2.24, 2.45) is 5.92 Å². The first-order valence-corrected chi connectivity index (χ1v) is 8.09. The van der Waals surface area contributed by atoms with Crippen LogP contribution in [0.25, 0.3) is 0 Å². The molecule has 0 atom stereocenters. The quantitative estimate of drug-likeness (QED) is 0.832. The standard InChI is InChI=1S/C13H19NO3S/c1-18(15,16)12-7-3-6-11(13(12)14)17-9-8-10-4-2-5-10/h3,6-7,10H,2,4-5,8-9,14H2,1H3. The van der Waals surface area contributed by atoms with Crippen molar-refractivity contribution in [2.45, 2.75) is 30.6 Å². The molecule has 1 aromatic carbocycles. The third-order valence-electron chi connectivity index (χ3n) is 3.43. The van der Waals surface area contributed by atoms with Crippen molar-refractivity contribution >= 4 is 15.5 Å². The molecule has 0 aromatic heterocycles. The summed E-state index contributed by atoms with van der Waals surface area (Å²) in [7, 11) is -3.30. The fraction of sp³-hybridized carbons (Fsp3) is 0.538. The van der Waals surface area contributed by atoms with E-state index in [1.54, 1.807) is 12.1 Å². The second-order valence-electron chi connectivity index (χ2n) is 4.87.